The van der Waals surface area contributed by atoms with Gasteiger partial charge in [-0.15, -0.1) is 11.8 Å². The van der Waals surface area contributed by atoms with Gasteiger partial charge in [-0.3, -0.25) is 9.59 Å². The van der Waals surface area contributed by atoms with Crippen LogP contribution in [0.2, 0.25) is 15.1 Å². The molecule has 0 aliphatic heterocycles. The van der Waals surface area contributed by atoms with E-state index in [1.165, 1.54) is 11.8 Å². The number of thioether (sulfide) groups is 1. The van der Waals surface area contributed by atoms with Gasteiger partial charge in [0.15, 0.2) is 0 Å². The van der Waals surface area contributed by atoms with Gasteiger partial charge >= 0.3 is 0 Å². The molecule has 0 unspecified atom stereocenters. The summed E-state index contributed by atoms with van der Waals surface area (Å²) in [6.45, 7) is 0.233. The van der Waals surface area contributed by atoms with E-state index in [0.717, 1.165) is 16.7 Å². The molecule has 0 bridgehead atoms. The zero-order valence-corrected chi connectivity index (χ0v) is 21.7. The summed E-state index contributed by atoms with van der Waals surface area (Å²) in [6.07, 6.45) is 0.397. The fourth-order valence-corrected chi connectivity index (χ4v) is 4.87. The number of halogens is 3. The lowest BCUT2D eigenvalue weighted by atomic mass is 10.0. The van der Waals surface area contributed by atoms with Crippen LogP contribution in [0.1, 0.15) is 16.7 Å². The van der Waals surface area contributed by atoms with Crippen molar-refractivity contribution >= 4 is 58.4 Å². The first-order valence-electron chi connectivity index (χ1n) is 10.7. The van der Waals surface area contributed by atoms with Gasteiger partial charge in [0.25, 0.3) is 0 Å². The lowest BCUT2D eigenvalue weighted by Crippen LogP contribution is -2.50. The van der Waals surface area contributed by atoms with Crippen molar-refractivity contribution in [2.24, 2.45) is 0 Å². The molecule has 3 rings (SSSR count). The molecule has 1 N–H and O–H groups in total. The van der Waals surface area contributed by atoms with Gasteiger partial charge in [0, 0.05) is 30.8 Å². The van der Waals surface area contributed by atoms with Crippen molar-refractivity contribution in [2.75, 3.05) is 12.8 Å². The van der Waals surface area contributed by atoms with Gasteiger partial charge in [0.05, 0.1) is 15.8 Å². The minimum atomic E-state index is -0.679. The van der Waals surface area contributed by atoms with Crippen molar-refractivity contribution in [3.8, 4) is 0 Å². The lowest BCUT2D eigenvalue weighted by molar-refractivity contribution is -0.139. The summed E-state index contributed by atoms with van der Waals surface area (Å²) in [5, 5.41) is 4.24. The fourth-order valence-electron chi connectivity index (χ4n) is 3.50. The van der Waals surface area contributed by atoms with E-state index in [1.807, 2.05) is 54.6 Å². The molecular weight excluding hydrogens is 511 g/mol. The number of benzene rings is 3. The summed E-state index contributed by atoms with van der Waals surface area (Å²) in [7, 11) is 1.58. The van der Waals surface area contributed by atoms with Crippen molar-refractivity contribution in [3.05, 3.63) is 105 Å². The van der Waals surface area contributed by atoms with Crippen molar-refractivity contribution < 1.29 is 9.59 Å². The molecule has 178 valence electrons. The molecule has 0 aliphatic rings. The molecule has 0 radical (unpaired) electrons. The van der Waals surface area contributed by atoms with E-state index in [4.69, 9.17) is 34.8 Å². The molecule has 3 aromatic carbocycles. The molecule has 0 spiro atoms. The first-order valence-corrected chi connectivity index (χ1v) is 13.0. The molecule has 0 saturated heterocycles. The van der Waals surface area contributed by atoms with Crippen LogP contribution >= 0.6 is 46.6 Å². The topological polar surface area (TPSA) is 49.4 Å². The van der Waals surface area contributed by atoms with Crippen LogP contribution < -0.4 is 5.32 Å². The number of nitrogens with one attached hydrogen (secondary N) is 1. The van der Waals surface area contributed by atoms with Crippen LogP contribution in [0.4, 0.5) is 0 Å². The maximum Gasteiger partial charge on any atom is 0.242 e. The normalized spacial score (nSPS) is 11.6. The van der Waals surface area contributed by atoms with Gasteiger partial charge in [-0.05, 0) is 34.9 Å². The van der Waals surface area contributed by atoms with Crippen LogP contribution in [0.5, 0.6) is 0 Å². The van der Waals surface area contributed by atoms with E-state index in [-0.39, 0.29) is 24.1 Å². The molecule has 0 heterocycles. The molecule has 8 heteroatoms. The average molecular weight is 536 g/mol. The first kappa shape index (κ1) is 26.4. The number of carbonyl (C=O) groups is 2. The van der Waals surface area contributed by atoms with E-state index >= 15 is 0 Å². The highest BCUT2D eigenvalue weighted by Gasteiger charge is 2.30. The Hall–Kier alpha value is -2.18. The Labute approximate surface area is 219 Å². The molecule has 0 fully saturated rings. The highest BCUT2D eigenvalue weighted by Crippen LogP contribution is 2.26. The van der Waals surface area contributed by atoms with E-state index < -0.39 is 6.04 Å². The van der Waals surface area contributed by atoms with Crippen LogP contribution in [0.3, 0.4) is 0 Å². The van der Waals surface area contributed by atoms with Crippen LogP contribution in [0.15, 0.2) is 72.8 Å². The Bertz CT molecular complexity index is 1130. The summed E-state index contributed by atoms with van der Waals surface area (Å²) >= 11 is 20.0. The maximum absolute atomic E-state index is 13.5. The third-order valence-corrected chi connectivity index (χ3v) is 7.39. The number of carbonyl (C=O) groups excluding carboxylic acids is 2. The Kier molecular flexibility index (Phi) is 10.1. The lowest BCUT2D eigenvalue weighted by Gasteiger charge is -2.31. The quantitative estimate of drug-likeness (QED) is 0.333. The standard InChI is InChI=1S/C26H25Cl3N2O2S/c1-30-26(33)24(14-18-7-3-2-4-8-18)31(15-20-9-5-6-10-21(20)27)25(32)17-34-16-19-11-12-22(28)23(29)13-19/h2-13,24H,14-17H2,1H3,(H,30,33)/t24-/m1/s1. The van der Waals surface area contributed by atoms with Crippen molar-refractivity contribution in [1.82, 2.24) is 10.2 Å². The second-order valence-electron chi connectivity index (χ2n) is 7.67. The van der Waals surface area contributed by atoms with Gasteiger partial charge in [0.2, 0.25) is 11.8 Å². The third kappa shape index (κ3) is 7.41. The number of nitrogens with zero attached hydrogens (tertiary/aromatic N) is 1. The second kappa shape index (κ2) is 13.1. The van der Waals surface area contributed by atoms with E-state index in [9.17, 15) is 9.59 Å². The smallest absolute Gasteiger partial charge is 0.242 e. The molecular formula is C26H25Cl3N2O2S. The molecule has 0 aromatic heterocycles. The molecule has 0 saturated carbocycles. The summed E-state index contributed by atoms with van der Waals surface area (Å²) in [5.74, 6) is 0.423. The first-order chi connectivity index (χ1) is 16.4. The predicted molar refractivity (Wildman–Crippen MR) is 143 cm³/mol. The second-order valence-corrected chi connectivity index (χ2v) is 9.88. The van der Waals surface area contributed by atoms with E-state index in [2.05, 4.69) is 5.32 Å². The molecule has 3 aromatic rings. The summed E-state index contributed by atoms with van der Waals surface area (Å²) < 4.78 is 0. The Morgan fingerprint density at radius 1 is 0.882 bits per heavy atom. The van der Waals surface area contributed by atoms with Crippen molar-refractivity contribution in [1.29, 1.82) is 0 Å². The fraction of sp³-hybridized carbons (Fsp3) is 0.231. The predicted octanol–water partition coefficient (Wildman–Crippen LogP) is 6.27. The number of amides is 2. The van der Waals surface area contributed by atoms with Gasteiger partial charge in [-0.2, -0.15) is 0 Å². The monoisotopic (exact) mass is 534 g/mol. The molecule has 34 heavy (non-hydrogen) atoms. The number of likely N-dealkylation sites (N-methyl/N-ethyl adjacent to an activating group) is 1. The van der Waals surface area contributed by atoms with Gasteiger partial charge in [-0.1, -0.05) is 89.4 Å². The van der Waals surface area contributed by atoms with Gasteiger partial charge in [-0.25, -0.2) is 0 Å². The highest BCUT2D eigenvalue weighted by atomic mass is 35.5. The van der Waals surface area contributed by atoms with Crippen LogP contribution in [-0.2, 0) is 28.3 Å². The Balaban J connectivity index is 1.81. The van der Waals surface area contributed by atoms with Crippen LogP contribution in [0, 0.1) is 0 Å². The maximum atomic E-state index is 13.5. The Morgan fingerprint density at radius 3 is 2.26 bits per heavy atom. The Morgan fingerprint density at radius 2 is 1.59 bits per heavy atom. The largest absolute Gasteiger partial charge is 0.357 e. The third-order valence-electron chi connectivity index (χ3n) is 5.29. The molecule has 4 nitrogen and oxygen atoms in total. The molecule has 0 aliphatic carbocycles. The highest BCUT2D eigenvalue weighted by molar-refractivity contribution is 7.99. The minimum absolute atomic E-state index is 0.144. The van der Waals surface area contributed by atoms with Crippen LogP contribution in [0.25, 0.3) is 0 Å². The number of hydrogen-bond acceptors (Lipinski definition) is 3. The summed E-state index contributed by atoms with van der Waals surface area (Å²) in [6, 6.07) is 21.8. The number of rotatable bonds is 10. The van der Waals surface area contributed by atoms with Crippen molar-refractivity contribution in [2.45, 2.75) is 24.8 Å². The zero-order chi connectivity index (χ0) is 24.5. The van der Waals surface area contributed by atoms with Gasteiger partial charge in [0.1, 0.15) is 6.04 Å². The summed E-state index contributed by atoms with van der Waals surface area (Å²) in [5.41, 5.74) is 2.72. The molecule has 2 amide bonds. The SMILES string of the molecule is CNC(=O)[C@@H](Cc1ccccc1)N(Cc1ccccc1Cl)C(=O)CSCc1ccc(Cl)c(Cl)c1. The summed E-state index contributed by atoms with van der Waals surface area (Å²) in [4.78, 5) is 28.0. The number of hydrogen-bond donors (Lipinski definition) is 1. The zero-order valence-electron chi connectivity index (χ0n) is 18.6. The minimum Gasteiger partial charge on any atom is -0.357 e. The van der Waals surface area contributed by atoms with Gasteiger partial charge < -0.3 is 10.2 Å². The average Bonchev–Trinajstić information content (AvgIpc) is 2.84. The molecule has 1 atom stereocenters. The van der Waals surface area contributed by atoms with E-state index in [0.29, 0.717) is 27.2 Å². The van der Waals surface area contributed by atoms with Crippen LogP contribution in [-0.4, -0.2) is 35.6 Å². The van der Waals surface area contributed by atoms with E-state index in [1.54, 1.807) is 30.1 Å². The van der Waals surface area contributed by atoms with Crippen molar-refractivity contribution in [3.63, 3.8) is 0 Å².